The van der Waals surface area contributed by atoms with Gasteiger partial charge in [0.15, 0.2) is 6.61 Å². The standard InChI is InChI=1S/C23H19N3O3/c27-21(17-28-23-25-24-22(29-23)19-12-6-2-7-13-19)26(20-14-8-3-9-15-20)16-18-10-4-1-5-11-18/h1-15H,16-17H2. The van der Waals surface area contributed by atoms with E-state index in [9.17, 15) is 4.79 Å². The zero-order chi connectivity index (χ0) is 19.9. The van der Waals surface area contributed by atoms with Crippen LogP contribution in [0, 0.1) is 0 Å². The predicted octanol–water partition coefficient (Wildman–Crippen LogP) is 4.35. The molecule has 0 saturated carbocycles. The summed E-state index contributed by atoms with van der Waals surface area (Å²) in [6.45, 7) is 0.226. The molecule has 0 aliphatic rings. The largest absolute Gasteiger partial charge is 0.439 e. The normalized spacial score (nSPS) is 10.5. The van der Waals surface area contributed by atoms with E-state index in [4.69, 9.17) is 9.15 Å². The van der Waals surface area contributed by atoms with Gasteiger partial charge < -0.3 is 14.1 Å². The number of aromatic nitrogens is 2. The molecule has 0 bridgehead atoms. The fourth-order valence-electron chi connectivity index (χ4n) is 2.86. The second-order valence-electron chi connectivity index (χ2n) is 6.33. The van der Waals surface area contributed by atoms with Gasteiger partial charge in [0.2, 0.25) is 0 Å². The van der Waals surface area contributed by atoms with E-state index in [2.05, 4.69) is 10.2 Å². The van der Waals surface area contributed by atoms with Crippen LogP contribution < -0.4 is 9.64 Å². The first-order valence-electron chi connectivity index (χ1n) is 9.20. The molecule has 1 heterocycles. The summed E-state index contributed by atoms with van der Waals surface area (Å²) in [6, 6.07) is 28.7. The van der Waals surface area contributed by atoms with Crippen LogP contribution in [0.1, 0.15) is 5.56 Å². The quantitative estimate of drug-likeness (QED) is 0.473. The number of hydrogen-bond acceptors (Lipinski definition) is 5. The van der Waals surface area contributed by atoms with Crippen LogP contribution in [0.4, 0.5) is 5.69 Å². The number of nitrogens with zero attached hydrogens (tertiary/aromatic N) is 3. The molecule has 6 nitrogen and oxygen atoms in total. The van der Waals surface area contributed by atoms with Crippen LogP contribution >= 0.6 is 0 Å². The minimum atomic E-state index is -0.210. The fourth-order valence-corrected chi connectivity index (χ4v) is 2.86. The molecule has 0 fully saturated rings. The minimum absolute atomic E-state index is 0.0371. The van der Waals surface area contributed by atoms with Crippen molar-refractivity contribution in [2.75, 3.05) is 11.5 Å². The summed E-state index contributed by atoms with van der Waals surface area (Å²) in [5, 5.41) is 7.84. The fraction of sp³-hybridized carbons (Fsp3) is 0.0870. The van der Waals surface area contributed by atoms with Crippen molar-refractivity contribution >= 4 is 11.6 Å². The van der Waals surface area contributed by atoms with Crippen LogP contribution in [-0.2, 0) is 11.3 Å². The van der Waals surface area contributed by atoms with Crippen LogP contribution in [0.2, 0.25) is 0 Å². The second-order valence-corrected chi connectivity index (χ2v) is 6.33. The van der Waals surface area contributed by atoms with Gasteiger partial charge in [-0.2, -0.15) is 0 Å². The van der Waals surface area contributed by atoms with E-state index in [0.29, 0.717) is 12.4 Å². The molecule has 0 aliphatic carbocycles. The van der Waals surface area contributed by atoms with Crippen LogP contribution in [0.5, 0.6) is 6.08 Å². The zero-order valence-electron chi connectivity index (χ0n) is 15.6. The SMILES string of the molecule is O=C(COc1nnc(-c2ccccc2)o1)N(Cc1ccccc1)c1ccccc1. The van der Waals surface area contributed by atoms with Crippen molar-refractivity contribution in [3.05, 3.63) is 96.6 Å². The Morgan fingerprint density at radius 2 is 1.45 bits per heavy atom. The van der Waals surface area contributed by atoms with Gasteiger partial charge in [-0.25, -0.2) is 0 Å². The Morgan fingerprint density at radius 1 is 0.828 bits per heavy atom. The third kappa shape index (κ3) is 4.68. The molecule has 4 aromatic rings. The summed E-state index contributed by atoms with van der Waals surface area (Å²) in [5.41, 5.74) is 2.60. The molecular formula is C23H19N3O3. The number of carbonyl (C=O) groups is 1. The smallest absolute Gasteiger partial charge is 0.415 e. The van der Waals surface area contributed by atoms with Crippen molar-refractivity contribution in [2.45, 2.75) is 6.54 Å². The molecular weight excluding hydrogens is 366 g/mol. The molecule has 0 unspecified atom stereocenters. The van der Waals surface area contributed by atoms with Gasteiger partial charge in [-0.1, -0.05) is 71.8 Å². The van der Waals surface area contributed by atoms with Crippen molar-refractivity contribution in [3.63, 3.8) is 0 Å². The van der Waals surface area contributed by atoms with Crippen molar-refractivity contribution < 1.29 is 13.9 Å². The molecule has 4 rings (SSSR count). The first-order chi connectivity index (χ1) is 14.3. The lowest BCUT2D eigenvalue weighted by atomic mass is 10.2. The number of para-hydroxylation sites is 1. The lowest BCUT2D eigenvalue weighted by Gasteiger charge is -2.22. The number of benzene rings is 3. The molecule has 0 spiro atoms. The molecule has 0 N–H and O–H groups in total. The average Bonchev–Trinajstić information content (AvgIpc) is 3.27. The summed E-state index contributed by atoms with van der Waals surface area (Å²) in [5.74, 6) is 0.136. The highest BCUT2D eigenvalue weighted by Crippen LogP contribution is 2.21. The molecule has 1 aromatic heterocycles. The second kappa shape index (κ2) is 8.84. The van der Waals surface area contributed by atoms with E-state index >= 15 is 0 Å². The van der Waals surface area contributed by atoms with E-state index in [1.807, 2.05) is 91.0 Å². The van der Waals surface area contributed by atoms with Gasteiger partial charge in [-0.05, 0) is 29.8 Å². The topological polar surface area (TPSA) is 68.5 Å². The van der Waals surface area contributed by atoms with Crippen molar-refractivity contribution in [2.24, 2.45) is 0 Å². The molecule has 29 heavy (non-hydrogen) atoms. The van der Waals surface area contributed by atoms with Gasteiger partial charge in [-0.15, -0.1) is 5.10 Å². The monoisotopic (exact) mass is 385 g/mol. The molecule has 0 atom stereocenters. The third-order valence-corrected chi connectivity index (χ3v) is 4.30. The van der Waals surface area contributed by atoms with Crippen LogP contribution in [-0.4, -0.2) is 22.7 Å². The van der Waals surface area contributed by atoms with E-state index in [1.54, 1.807) is 4.90 Å². The Morgan fingerprint density at radius 3 is 2.14 bits per heavy atom. The summed E-state index contributed by atoms with van der Waals surface area (Å²) in [6.07, 6.45) is -0.0371. The highest BCUT2D eigenvalue weighted by molar-refractivity contribution is 5.94. The van der Waals surface area contributed by atoms with Gasteiger partial charge in [0, 0.05) is 11.3 Å². The van der Waals surface area contributed by atoms with E-state index in [1.165, 1.54) is 0 Å². The number of amides is 1. The van der Waals surface area contributed by atoms with Gasteiger partial charge in [0.1, 0.15) is 0 Å². The minimum Gasteiger partial charge on any atom is -0.439 e. The Labute approximate surface area is 168 Å². The maximum atomic E-state index is 12.9. The molecule has 0 aliphatic heterocycles. The maximum absolute atomic E-state index is 12.9. The predicted molar refractivity (Wildman–Crippen MR) is 109 cm³/mol. The van der Waals surface area contributed by atoms with Crippen LogP contribution in [0.15, 0.2) is 95.4 Å². The maximum Gasteiger partial charge on any atom is 0.415 e. The van der Waals surface area contributed by atoms with Crippen LogP contribution in [0.3, 0.4) is 0 Å². The summed E-state index contributed by atoms with van der Waals surface area (Å²) in [4.78, 5) is 14.6. The highest BCUT2D eigenvalue weighted by atomic mass is 16.6. The molecule has 6 heteroatoms. The molecule has 144 valence electrons. The van der Waals surface area contributed by atoms with E-state index < -0.39 is 0 Å². The van der Waals surface area contributed by atoms with Gasteiger partial charge in [-0.3, -0.25) is 4.79 Å². The Kier molecular flexibility index (Phi) is 5.62. The Bertz CT molecular complexity index is 1050. The highest BCUT2D eigenvalue weighted by Gasteiger charge is 2.18. The van der Waals surface area contributed by atoms with Gasteiger partial charge in [0.05, 0.1) is 6.54 Å². The van der Waals surface area contributed by atoms with E-state index in [0.717, 1.165) is 16.8 Å². The lowest BCUT2D eigenvalue weighted by molar-refractivity contribution is -0.121. The number of hydrogen-bond donors (Lipinski definition) is 0. The molecule has 0 saturated heterocycles. The van der Waals surface area contributed by atoms with Crippen LogP contribution in [0.25, 0.3) is 11.5 Å². The molecule has 3 aromatic carbocycles. The first-order valence-corrected chi connectivity index (χ1v) is 9.20. The van der Waals surface area contributed by atoms with Gasteiger partial charge in [0.25, 0.3) is 11.8 Å². The number of ether oxygens (including phenoxy) is 1. The average molecular weight is 385 g/mol. The van der Waals surface area contributed by atoms with Gasteiger partial charge >= 0.3 is 6.08 Å². The van der Waals surface area contributed by atoms with Crippen molar-refractivity contribution in [1.82, 2.24) is 10.2 Å². The van der Waals surface area contributed by atoms with Crippen molar-refractivity contribution in [3.8, 4) is 17.5 Å². The number of rotatable bonds is 7. The Hall–Kier alpha value is -3.93. The first kappa shape index (κ1) is 18.4. The number of carbonyl (C=O) groups excluding carboxylic acids is 1. The summed E-state index contributed by atoms with van der Waals surface area (Å²) < 4.78 is 11.0. The third-order valence-electron chi connectivity index (χ3n) is 4.30. The summed E-state index contributed by atoms with van der Waals surface area (Å²) >= 11 is 0. The number of anilines is 1. The van der Waals surface area contributed by atoms with E-state index in [-0.39, 0.29) is 18.6 Å². The molecule has 1 amide bonds. The zero-order valence-corrected chi connectivity index (χ0v) is 15.6. The van der Waals surface area contributed by atoms with Crippen molar-refractivity contribution in [1.29, 1.82) is 0 Å². The lowest BCUT2D eigenvalue weighted by Crippen LogP contribution is -2.34. The summed E-state index contributed by atoms with van der Waals surface area (Å²) in [7, 11) is 0. The Balaban J connectivity index is 1.46. The molecule has 0 radical (unpaired) electrons.